The van der Waals surface area contributed by atoms with Crippen molar-refractivity contribution in [3.05, 3.63) is 233 Å². The van der Waals surface area contributed by atoms with Gasteiger partial charge in [0.1, 0.15) is 11.5 Å². The molecule has 7 nitrogen and oxygen atoms in total. The van der Waals surface area contributed by atoms with Crippen molar-refractivity contribution in [1.82, 2.24) is 0 Å². The lowest BCUT2D eigenvalue weighted by atomic mass is 9.86. The first-order valence-electron chi connectivity index (χ1n) is 21.4. The molecule has 0 aliphatic rings. The molecular formula is C59H45NO6. The molecule has 0 spiro atoms. The van der Waals surface area contributed by atoms with Crippen molar-refractivity contribution in [3.63, 3.8) is 0 Å². The van der Waals surface area contributed by atoms with Crippen LogP contribution in [0.15, 0.2) is 194 Å². The van der Waals surface area contributed by atoms with Crippen LogP contribution in [-0.2, 0) is 16.0 Å². The van der Waals surface area contributed by atoms with Gasteiger partial charge in [0.05, 0.1) is 11.1 Å². The highest BCUT2D eigenvalue weighted by atomic mass is 16.5. The summed E-state index contributed by atoms with van der Waals surface area (Å²) in [5.74, 6) is -0.502. The zero-order valence-corrected chi connectivity index (χ0v) is 36.5. The molecule has 0 aromatic heterocycles. The summed E-state index contributed by atoms with van der Waals surface area (Å²) in [5, 5.41) is 7.18. The van der Waals surface area contributed by atoms with Crippen molar-refractivity contribution in [2.75, 3.05) is 5.32 Å². The second kappa shape index (κ2) is 19.8. The molecular weight excluding hydrogens is 819 g/mol. The molecule has 8 rings (SSSR count). The van der Waals surface area contributed by atoms with Gasteiger partial charge in [-0.05, 0) is 141 Å². The summed E-state index contributed by atoms with van der Waals surface area (Å²) in [6.45, 7) is 10.7. The minimum Gasteiger partial charge on any atom is -0.423 e. The first-order valence-corrected chi connectivity index (χ1v) is 21.4. The fraction of sp³-hybridized carbons (Fsp3) is 0.0508. The fourth-order valence-corrected chi connectivity index (χ4v) is 7.43. The summed E-state index contributed by atoms with van der Waals surface area (Å²) < 4.78 is 11.4. The number of carbonyl (C=O) groups excluding carboxylic acids is 4. The Morgan fingerprint density at radius 3 is 1.36 bits per heavy atom. The van der Waals surface area contributed by atoms with Gasteiger partial charge in [0.15, 0.2) is 5.78 Å². The van der Waals surface area contributed by atoms with Gasteiger partial charge < -0.3 is 14.8 Å². The summed E-state index contributed by atoms with van der Waals surface area (Å²) in [5.41, 5.74) is 9.07. The number of ketones is 1. The fourth-order valence-electron chi connectivity index (χ4n) is 7.43. The van der Waals surface area contributed by atoms with E-state index in [0.29, 0.717) is 39.5 Å². The highest BCUT2D eigenvalue weighted by Gasteiger charge is 2.16. The van der Waals surface area contributed by atoms with E-state index in [9.17, 15) is 19.2 Å². The zero-order valence-electron chi connectivity index (χ0n) is 36.5. The van der Waals surface area contributed by atoms with Gasteiger partial charge in [0, 0.05) is 17.7 Å². The molecule has 7 heteroatoms. The number of anilines is 1. The number of benzene rings is 8. The zero-order chi connectivity index (χ0) is 46.2. The summed E-state index contributed by atoms with van der Waals surface area (Å²) in [6.07, 6.45) is 8.58. The Morgan fingerprint density at radius 2 is 0.924 bits per heavy atom. The molecule has 0 bridgehead atoms. The molecule has 66 heavy (non-hydrogen) atoms. The number of esters is 2. The van der Waals surface area contributed by atoms with E-state index >= 15 is 0 Å². The Balaban J connectivity index is 1.03. The lowest BCUT2D eigenvalue weighted by molar-refractivity contribution is -0.115. The Kier molecular flexibility index (Phi) is 13.2. The van der Waals surface area contributed by atoms with E-state index in [2.05, 4.69) is 103 Å². The van der Waals surface area contributed by atoms with E-state index in [1.807, 2.05) is 36.4 Å². The van der Waals surface area contributed by atoms with Gasteiger partial charge in [-0.3, -0.25) is 9.59 Å². The number of allylic oxidation sites excluding steroid dienone is 1. The summed E-state index contributed by atoms with van der Waals surface area (Å²) >= 11 is 0. The largest absolute Gasteiger partial charge is 0.423 e. The Morgan fingerprint density at radius 1 is 0.485 bits per heavy atom. The van der Waals surface area contributed by atoms with Crippen molar-refractivity contribution in [2.45, 2.75) is 20.3 Å². The van der Waals surface area contributed by atoms with Crippen LogP contribution in [0.5, 0.6) is 11.5 Å². The second-order valence-electron chi connectivity index (χ2n) is 16.0. The van der Waals surface area contributed by atoms with Crippen molar-refractivity contribution >= 4 is 75.2 Å². The third-order valence-electron chi connectivity index (χ3n) is 11.1. The molecule has 8 aromatic carbocycles. The van der Waals surface area contributed by atoms with Crippen LogP contribution in [0, 0.1) is 0 Å². The lowest BCUT2D eigenvalue weighted by Crippen LogP contribution is -2.12. The SMILES string of the molecule is C=C(C)C(=O)Cc1ccc(C(=O)Oc2ccc(/C=C/c3ccc4ccccc4c3-c3c(/C=C/c4ccc(OC(=O)c5ccc(NC(=O)C(=C)C)cc5)cc4)ccc4ccccc34)cc2)cc1. The normalized spacial score (nSPS) is 11.2. The van der Waals surface area contributed by atoms with Gasteiger partial charge in [-0.2, -0.15) is 0 Å². The minimum absolute atomic E-state index is 0.0411. The smallest absolute Gasteiger partial charge is 0.343 e. The second-order valence-corrected chi connectivity index (χ2v) is 16.0. The van der Waals surface area contributed by atoms with Gasteiger partial charge >= 0.3 is 11.9 Å². The molecule has 1 amide bonds. The van der Waals surface area contributed by atoms with Crippen LogP contribution >= 0.6 is 0 Å². The predicted octanol–water partition coefficient (Wildman–Crippen LogP) is 13.6. The van der Waals surface area contributed by atoms with Gasteiger partial charge in [0.25, 0.3) is 5.91 Å². The Labute approximate surface area is 383 Å². The number of Topliss-reactive ketones (excluding diaryl/α,β-unsaturated/α-hetero) is 1. The van der Waals surface area contributed by atoms with E-state index in [1.54, 1.807) is 86.6 Å². The van der Waals surface area contributed by atoms with Crippen molar-refractivity contribution in [3.8, 4) is 22.6 Å². The van der Waals surface area contributed by atoms with Crippen LogP contribution < -0.4 is 14.8 Å². The summed E-state index contributed by atoms with van der Waals surface area (Å²) in [6, 6.07) is 53.4. The monoisotopic (exact) mass is 863 g/mol. The molecule has 8 aromatic rings. The lowest BCUT2D eigenvalue weighted by Gasteiger charge is -2.17. The molecule has 0 fully saturated rings. The molecule has 0 aliphatic heterocycles. The standard InChI is InChI=1S/C59H45NO6/c1-38(2)54(61)37-42-15-23-47(24-16-42)58(63)65-50-33-17-40(18-34-50)13-21-45-27-25-43-9-5-7-11-52(43)55(45)56-46(28-26-44-10-6-8-12-53(44)56)22-14-41-19-35-51(36-20-41)66-59(64)48-29-31-49(32-30-48)60-57(62)39(3)4/h5-36H,1,3,37H2,2,4H3,(H,60,62)/b21-13+,22-14+. The molecule has 0 aliphatic carbocycles. The Hall–Kier alpha value is -8.68. The first-order chi connectivity index (χ1) is 32.0. The molecule has 0 unspecified atom stereocenters. The van der Waals surface area contributed by atoms with Crippen molar-refractivity contribution < 1.29 is 28.7 Å². The number of carbonyl (C=O) groups is 4. The van der Waals surface area contributed by atoms with Crippen LogP contribution in [0.1, 0.15) is 62.4 Å². The van der Waals surface area contributed by atoms with E-state index in [0.717, 1.165) is 60.5 Å². The summed E-state index contributed by atoms with van der Waals surface area (Å²) in [4.78, 5) is 49.9. The van der Waals surface area contributed by atoms with Crippen molar-refractivity contribution in [2.24, 2.45) is 0 Å². The summed E-state index contributed by atoms with van der Waals surface area (Å²) in [7, 11) is 0. The minimum atomic E-state index is -0.510. The number of ether oxygens (including phenoxy) is 2. The average Bonchev–Trinajstić information content (AvgIpc) is 3.33. The van der Waals surface area contributed by atoms with E-state index in [4.69, 9.17) is 9.47 Å². The molecule has 0 atom stereocenters. The maximum Gasteiger partial charge on any atom is 0.343 e. The quantitative estimate of drug-likeness (QED) is 0.0506. The van der Waals surface area contributed by atoms with Gasteiger partial charge in [-0.25, -0.2) is 9.59 Å². The molecule has 0 radical (unpaired) electrons. The van der Waals surface area contributed by atoms with E-state index < -0.39 is 11.9 Å². The predicted molar refractivity (Wildman–Crippen MR) is 267 cm³/mol. The number of nitrogens with one attached hydrogen (secondary N) is 1. The molecule has 322 valence electrons. The van der Waals surface area contributed by atoms with E-state index in [1.165, 1.54) is 0 Å². The highest BCUT2D eigenvalue weighted by molar-refractivity contribution is 6.11. The van der Waals surface area contributed by atoms with Gasteiger partial charge in [-0.1, -0.05) is 147 Å². The number of fused-ring (bicyclic) bond motifs is 2. The maximum atomic E-state index is 13.0. The first kappa shape index (κ1) is 43.9. The number of hydrogen-bond donors (Lipinski definition) is 1. The number of amides is 1. The van der Waals surface area contributed by atoms with Gasteiger partial charge in [0.2, 0.25) is 0 Å². The van der Waals surface area contributed by atoms with Crippen LogP contribution in [0.4, 0.5) is 5.69 Å². The van der Waals surface area contributed by atoms with Crippen LogP contribution in [0.3, 0.4) is 0 Å². The molecule has 0 saturated heterocycles. The van der Waals surface area contributed by atoms with Crippen LogP contribution in [0.2, 0.25) is 0 Å². The third kappa shape index (κ3) is 10.4. The average molecular weight is 864 g/mol. The number of rotatable bonds is 14. The highest BCUT2D eigenvalue weighted by Crippen LogP contribution is 2.41. The molecule has 1 N–H and O–H groups in total. The number of hydrogen-bond acceptors (Lipinski definition) is 6. The topological polar surface area (TPSA) is 98.8 Å². The van der Waals surface area contributed by atoms with Crippen LogP contribution in [-0.4, -0.2) is 23.6 Å². The van der Waals surface area contributed by atoms with E-state index in [-0.39, 0.29) is 18.1 Å². The van der Waals surface area contributed by atoms with Crippen LogP contribution in [0.25, 0.3) is 57.0 Å². The van der Waals surface area contributed by atoms with Crippen molar-refractivity contribution in [1.29, 1.82) is 0 Å². The van der Waals surface area contributed by atoms with Gasteiger partial charge in [-0.15, -0.1) is 0 Å². The maximum absolute atomic E-state index is 13.0. The molecule has 0 saturated carbocycles. The third-order valence-corrected chi connectivity index (χ3v) is 11.1. The Bertz CT molecular complexity index is 3010. The molecule has 0 heterocycles.